The maximum Gasteiger partial charge on any atom is 0.335 e. The molecular weight excluding hydrogens is 249 g/mol. The lowest BCUT2D eigenvalue weighted by molar-refractivity contribution is 0.0696. The Morgan fingerprint density at radius 2 is 1.79 bits per heavy atom. The van der Waals surface area contributed by atoms with Crippen LogP contribution in [0.25, 0.3) is 11.1 Å². The zero-order chi connectivity index (χ0) is 14.0. The Balaban J connectivity index is 2.57. The first-order chi connectivity index (χ1) is 8.99. The number of benzene rings is 2. The van der Waals surface area contributed by atoms with Gasteiger partial charge in [-0.2, -0.15) is 0 Å². The first-order valence-corrected chi connectivity index (χ1v) is 5.42. The molecule has 3 N–H and O–H groups in total. The Hall–Kier alpha value is -2.69. The third-order valence-corrected chi connectivity index (χ3v) is 2.67. The number of primary amides is 1. The van der Waals surface area contributed by atoms with E-state index in [-0.39, 0.29) is 16.7 Å². The number of hydrogen-bond donors (Lipinski definition) is 2. The number of carboxylic acids is 1. The van der Waals surface area contributed by atoms with Gasteiger partial charge in [0, 0.05) is 11.1 Å². The lowest BCUT2D eigenvalue weighted by atomic mass is 10.0. The van der Waals surface area contributed by atoms with E-state index in [1.165, 1.54) is 24.3 Å². The summed E-state index contributed by atoms with van der Waals surface area (Å²) < 4.78 is 13.7. The number of carbonyl (C=O) groups is 2. The smallest absolute Gasteiger partial charge is 0.335 e. The van der Waals surface area contributed by atoms with Crippen molar-refractivity contribution in [2.45, 2.75) is 0 Å². The summed E-state index contributed by atoms with van der Waals surface area (Å²) in [5.74, 6) is -2.34. The van der Waals surface area contributed by atoms with E-state index < -0.39 is 17.7 Å². The van der Waals surface area contributed by atoms with Gasteiger partial charge in [-0.25, -0.2) is 9.18 Å². The molecule has 5 heteroatoms. The Bertz CT molecular complexity index is 667. The third kappa shape index (κ3) is 2.60. The van der Waals surface area contributed by atoms with Crippen molar-refractivity contribution in [3.63, 3.8) is 0 Å². The van der Waals surface area contributed by atoms with E-state index in [1.807, 2.05) is 0 Å². The second-order valence-electron chi connectivity index (χ2n) is 3.94. The summed E-state index contributed by atoms with van der Waals surface area (Å²) >= 11 is 0. The highest BCUT2D eigenvalue weighted by molar-refractivity contribution is 5.94. The van der Waals surface area contributed by atoms with Gasteiger partial charge in [0.15, 0.2) is 0 Å². The van der Waals surface area contributed by atoms with Gasteiger partial charge in [0.05, 0.1) is 5.56 Å². The Kier molecular flexibility index (Phi) is 3.29. The van der Waals surface area contributed by atoms with E-state index in [2.05, 4.69) is 0 Å². The number of aromatic carboxylic acids is 1. The number of hydrogen-bond acceptors (Lipinski definition) is 2. The highest BCUT2D eigenvalue weighted by Crippen LogP contribution is 2.25. The first kappa shape index (κ1) is 12.8. The minimum Gasteiger partial charge on any atom is -0.478 e. The molecule has 2 aromatic carbocycles. The van der Waals surface area contributed by atoms with E-state index in [0.717, 1.165) is 6.07 Å². The molecule has 4 nitrogen and oxygen atoms in total. The van der Waals surface area contributed by atoms with Crippen LogP contribution in [0, 0.1) is 5.82 Å². The van der Waals surface area contributed by atoms with Crippen LogP contribution in [0.5, 0.6) is 0 Å². The standard InChI is InChI=1S/C14H10FNO3/c15-12-5-4-10(14(18)19)7-11(12)8-2-1-3-9(6-8)13(16)17/h1-7H,(H2,16,17)(H,18,19). The molecular formula is C14H10FNO3. The summed E-state index contributed by atoms with van der Waals surface area (Å²) in [5, 5.41) is 8.89. The second kappa shape index (κ2) is 4.89. The van der Waals surface area contributed by atoms with Crippen LogP contribution in [-0.2, 0) is 0 Å². The van der Waals surface area contributed by atoms with Crippen molar-refractivity contribution in [1.29, 1.82) is 0 Å². The van der Waals surface area contributed by atoms with Gasteiger partial charge in [-0.3, -0.25) is 4.79 Å². The predicted octanol–water partition coefficient (Wildman–Crippen LogP) is 2.29. The first-order valence-electron chi connectivity index (χ1n) is 5.42. The molecule has 19 heavy (non-hydrogen) atoms. The van der Waals surface area contributed by atoms with Crippen molar-refractivity contribution in [2.75, 3.05) is 0 Å². The molecule has 96 valence electrons. The SMILES string of the molecule is NC(=O)c1cccc(-c2cc(C(=O)O)ccc2F)c1. The van der Waals surface area contributed by atoms with Gasteiger partial charge in [-0.1, -0.05) is 12.1 Å². The van der Waals surface area contributed by atoms with Crippen LogP contribution >= 0.6 is 0 Å². The molecule has 0 aliphatic carbocycles. The van der Waals surface area contributed by atoms with Crippen molar-refractivity contribution in [3.8, 4) is 11.1 Å². The topological polar surface area (TPSA) is 80.4 Å². The van der Waals surface area contributed by atoms with E-state index in [1.54, 1.807) is 12.1 Å². The number of amides is 1. The van der Waals surface area contributed by atoms with E-state index in [0.29, 0.717) is 5.56 Å². The average molecular weight is 259 g/mol. The highest BCUT2D eigenvalue weighted by Gasteiger charge is 2.11. The average Bonchev–Trinajstić information content (AvgIpc) is 2.39. The molecule has 1 amide bonds. The van der Waals surface area contributed by atoms with Crippen LogP contribution in [-0.4, -0.2) is 17.0 Å². The third-order valence-electron chi connectivity index (χ3n) is 2.67. The normalized spacial score (nSPS) is 10.2. The van der Waals surface area contributed by atoms with Gasteiger partial charge in [-0.15, -0.1) is 0 Å². The van der Waals surface area contributed by atoms with Crippen molar-refractivity contribution >= 4 is 11.9 Å². The zero-order valence-corrected chi connectivity index (χ0v) is 9.76. The van der Waals surface area contributed by atoms with Crippen LogP contribution in [0.4, 0.5) is 4.39 Å². The fourth-order valence-corrected chi connectivity index (χ4v) is 1.72. The maximum atomic E-state index is 13.7. The van der Waals surface area contributed by atoms with Gasteiger partial charge in [0.1, 0.15) is 5.82 Å². The zero-order valence-electron chi connectivity index (χ0n) is 9.76. The Labute approximate surface area is 108 Å². The van der Waals surface area contributed by atoms with Gasteiger partial charge in [-0.05, 0) is 35.9 Å². The van der Waals surface area contributed by atoms with E-state index in [4.69, 9.17) is 10.8 Å². The van der Waals surface area contributed by atoms with Crippen molar-refractivity contribution in [3.05, 3.63) is 59.4 Å². The molecule has 2 rings (SSSR count). The molecule has 0 atom stereocenters. The number of carbonyl (C=O) groups excluding carboxylic acids is 1. The van der Waals surface area contributed by atoms with Crippen LogP contribution < -0.4 is 5.73 Å². The Morgan fingerprint density at radius 3 is 2.42 bits per heavy atom. The maximum absolute atomic E-state index is 13.7. The molecule has 0 aliphatic heterocycles. The lowest BCUT2D eigenvalue weighted by Gasteiger charge is -2.06. The summed E-state index contributed by atoms with van der Waals surface area (Å²) in [4.78, 5) is 22.0. The van der Waals surface area contributed by atoms with Crippen LogP contribution in [0.1, 0.15) is 20.7 Å². The molecule has 0 spiro atoms. The number of rotatable bonds is 3. The van der Waals surface area contributed by atoms with Crippen molar-refractivity contribution < 1.29 is 19.1 Å². The fraction of sp³-hybridized carbons (Fsp3) is 0. The molecule has 0 saturated heterocycles. The number of nitrogens with two attached hydrogens (primary N) is 1. The summed E-state index contributed by atoms with van der Waals surface area (Å²) in [5.41, 5.74) is 5.87. The van der Waals surface area contributed by atoms with Crippen LogP contribution in [0.3, 0.4) is 0 Å². The molecule has 2 aromatic rings. The fourth-order valence-electron chi connectivity index (χ4n) is 1.72. The van der Waals surface area contributed by atoms with Crippen molar-refractivity contribution in [2.24, 2.45) is 5.73 Å². The van der Waals surface area contributed by atoms with Crippen molar-refractivity contribution in [1.82, 2.24) is 0 Å². The van der Waals surface area contributed by atoms with E-state index >= 15 is 0 Å². The predicted molar refractivity (Wildman–Crippen MR) is 67.3 cm³/mol. The van der Waals surface area contributed by atoms with Gasteiger partial charge < -0.3 is 10.8 Å². The molecule has 0 heterocycles. The quantitative estimate of drug-likeness (QED) is 0.887. The lowest BCUT2D eigenvalue weighted by Crippen LogP contribution is -2.10. The number of halogens is 1. The molecule has 0 unspecified atom stereocenters. The minimum atomic E-state index is -1.15. The monoisotopic (exact) mass is 259 g/mol. The molecule has 0 aromatic heterocycles. The summed E-state index contributed by atoms with van der Waals surface area (Å²) in [7, 11) is 0. The summed E-state index contributed by atoms with van der Waals surface area (Å²) in [6.45, 7) is 0. The van der Waals surface area contributed by atoms with Gasteiger partial charge >= 0.3 is 5.97 Å². The Morgan fingerprint density at radius 1 is 1.05 bits per heavy atom. The van der Waals surface area contributed by atoms with Crippen LogP contribution in [0.15, 0.2) is 42.5 Å². The summed E-state index contributed by atoms with van der Waals surface area (Å²) in [6.07, 6.45) is 0. The molecule has 0 aliphatic rings. The van der Waals surface area contributed by atoms with E-state index in [9.17, 15) is 14.0 Å². The van der Waals surface area contributed by atoms with Gasteiger partial charge in [0.2, 0.25) is 5.91 Å². The second-order valence-corrected chi connectivity index (χ2v) is 3.94. The summed E-state index contributed by atoms with van der Waals surface area (Å²) in [6, 6.07) is 9.54. The highest BCUT2D eigenvalue weighted by atomic mass is 19.1. The largest absolute Gasteiger partial charge is 0.478 e. The molecule has 0 fully saturated rings. The minimum absolute atomic E-state index is 0.0270. The molecule has 0 saturated carbocycles. The van der Waals surface area contributed by atoms with Gasteiger partial charge in [0.25, 0.3) is 0 Å². The molecule has 0 radical (unpaired) electrons. The molecule has 0 bridgehead atoms. The van der Waals surface area contributed by atoms with Crippen LogP contribution in [0.2, 0.25) is 0 Å². The number of carboxylic acid groups (broad SMARTS) is 1.